The maximum atomic E-state index is 13.9. The van der Waals surface area contributed by atoms with Crippen LogP contribution in [0.25, 0.3) is 0 Å². The average molecular weight is 566 g/mol. The number of nitrogens with zero attached hydrogens (tertiary/aromatic N) is 1. The molecule has 1 fully saturated rings. The van der Waals surface area contributed by atoms with E-state index < -0.39 is 5.60 Å². The van der Waals surface area contributed by atoms with Crippen molar-refractivity contribution in [1.82, 2.24) is 4.90 Å². The molecule has 0 saturated heterocycles. The van der Waals surface area contributed by atoms with E-state index in [0.717, 1.165) is 42.4 Å². The number of amides is 1. The normalized spacial score (nSPS) is 22.6. The van der Waals surface area contributed by atoms with E-state index in [1.807, 2.05) is 55.1 Å². The van der Waals surface area contributed by atoms with Crippen molar-refractivity contribution in [2.45, 2.75) is 76.7 Å². The largest absolute Gasteiger partial charge is 0.493 e. The predicted octanol–water partition coefficient (Wildman–Crippen LogP) is 7.22. The Morgan fingerprint density at radius 2 is 1.73 bits per heavy atom. The maximum Gasteiger partial charge on any atom is 0.228 e. The van der Waals surface area contributed by atoms with Crippen LogP contribution in [-0.2, 0) is 16.8 Å². The standard InChI is InChI=1S/C33H37ClFNO4/c1-20(2)40-30-19-28-22(16-29(30)39-4)17-31(37)36(32(28)21-8-12-25(34)13-9-21)27-14-10-23(11-15-27)33(3,38)24-6-5-7-26(35)18-24/h5-9,12-13,16,18-20,23,27,32,38H,10-11,14-15,17H2,1-4H3/t23-,27-,32?,33?. The molecule has 2 aliphatic rings. The number of methoxy groups -OCH3 is 1. The van der Waals surface area contributed by atoms with Gasteiger partial charge in [0.05, 0.1) is 31.3 Å². The van der Waals surface area contributed by atoms with Gasteiger partial charge in [-0.15, -0.1) is 0 Å². The monoisotopic (exact) mass is 565 g/mol. The molecule has 1 heterocycles. The molecule has 0 bridgehead atoms. The van der Waals surface area contributed by atoms with Gasteiger partial charge in [0.15, 0.2) is 11.5 Å². The number of aliphatic hydroxyl groups is 1. The molecule has 0 aromatic heterocycles. The van der Waals surface area contributed by atoms with Gasteiger partial charge in [0.1, 0.15) is 5.82 Å². The molecule has 3 aromatic rings. The minimum Gasteiger partial charge on any atom is -0.493 e. The molecular formula is C33H37ClFNO4. The molecule has 3 aromatic carbocycles. The van der Waals surface area contributed by atoms with Gasteiger partial charge in [-0.2, -0.15) is 0 Å². The van der Waals surface area contributed by atoms with Crippen molar-refractivity contribution < 1.29 is 23.8 Å². The second-order valence-electron chi connectivity index (χ2n) is 11.5. The molecule has 5 nitrogen and oxygen atoms in total. The highest BCUT2D eigenvalue weighted by atomic mass is 35.5. The van der Waals surface area contributed by atoms with Crippen LogP contribution in [0.4, 0.5) is 4.39 Å². The summed E-state index contributed by atoms with van der Waals surface area (Å²) in [5, 5.41) is 12.1. The maximum absolute atomic E-state index is 13.9. The van der Waals surface area contributed by atoms with E-state index in [1.165, 1.54) is 12.1 Å². The van der Waals surface area contributed by atoms with Gasteiger partial charge in [0.25, 0.3) is 0 Å². The number of fused-ring (bicyclic) bond motifs is 1. The van der Waals surface area contributed by atoms with Crippen LogP contribution in [0.15, 0.2) is 60.7 Å². The fourth-order valence-electron chi connectivity index (χ4n) is 6.43. The first-order chi connectivity index (χ1) is 19.1. The molecule has 7 heteroatoms. The molecule has 1 aliphatic carbocycles. The van der Waals surface area contributed by atoms with Crippen molar-refractivity contribution in [3.8, 4) is 11.5 Å². The molecule has 0 spiro atoms. The Morgan fingerprint density at radius 3 is 2.35 bits per heavy atom. The second kappa shape index (κ2) is 11.4. The topological polar surface area (TPSA) is 59.0 Å². The highest BCUT2D eigenvalue weighted by molar-refractivity contribution is 6.30. The number of rotatable bonds is 7. The number of halogens is 2. The van der Waals surface area contributed by atoms with Gasteiger partial charge in [0, 0.05) is 11.1 Å². The quantitative estimate of drug-likeness (QED) is 0.329. The van der Waals surface area contributed by atoms with Crippen LogP contribution in [0.5, 0.6) is 11.5 Å². The summed E-state index contributed by atoms with van der Waals surface area (Å²) in [6, 6.07) is 17.5. The average Bonchev–Trinajstić information content (AvgIpc) is 2.92. The summed E-state index contributed by atoms with van der Waals surface area (Å²) >= 11 is 6.24. The molecule has 1 saturated carbocycles. The fraction of sp³-hybridized carbons (Fsp3) is 0.424. The molecule has 5 rings (SSSR count). The fourth-order valence-corrected chi connectivity index (χ4v) is 6.56. The Bertz CT molecular complexity index is 1370. The zero-order chi connectivity index (χ0) is 28.6. The van der Waals surface area contributed by atoms with Crippen LogP contribution >= 0.6 is 11.6 Å². The zero-order valence-corrected chi connectivity index (χ0v) is 24.2. The van der Waals surface area contributed by atoms with Gasteiger partial charge >= 0.3 is 0 Å². The van der Waals surface area contributed by atoms with Gasteiger partial charge in [-0.1, -0.05) is 35.9 Å². The molecule has 1 N–H and O–H groups in total. The summed E-state index contributed by atoms with van der Waals surface area (Å²) in [6.45, 7) is 5.72. The number of benzene rings is 3. The summed E-state index contributed by atoms with van der Waals surface area (Å²) in [5.41, 5.74) is 2.36. The van der Waals surface area contributed by atoms with E-state index in [1.54, 1.807) is 26.2 Å². The highest BCUT2D eigenvalue weighted by Gasteiger charge is 2.43. The third-order valence-corrected chi connectivity index (χ3v) is 8.72. The first-order valence-corrected chi connectivity index (χ1v) is 14.4. The van der Waals surface area contributed by atoms with Crippen molar-refractivity contribution in [1.29, 1.82) is 0 Å². The van der Waals surface area contributed by atoms with E-state index in [0.29, 0.717) is 22.1 Å². The van der Waals surface area contributed by atoms with E-state index in [4.69, 9.17) is 21.1 Å². The molecule has 1 aliphatic heterocycles. The van der Waals surface area contributed by atoms with Crippen molar-refractivity contribution >= 4 is 17.5 Å². The molecule has 1 amide bonds. The lowest BCUT2D eigenvalue weighted by atomic mass is 9.72. The summed E-state index contributed by atoms with van der Waals surface area (Å²) < 4.78 is 25.7. The lowest BCUT2D eigenvalue weighted by Crippen LogP contribution is -2.49. The highest BCUT2D eigenvalue weighted by Crippen LogP contribution is 2.46. The number of hydrogen-bond donors (Lipinski definition) is 1. The molecule has 0 radical (unpaired) electrons. The van der Waals surface area contributed by atoms with E-state index in [-0.39, 0.29) is 42.3 Å². The van der Waals surface area contributed by atoms with Crippen LogP contribution in [0, 0.1) is 11.7 Å². The zero-order valence-electron chi connectivity index (χ0n) is 23.5. The number of carbonyl (C=O) groups excluding carboxylic acids is 1. The first kappa shape index (κ1) is 28.4. The summed E-state index contributed by atoms with van der Waals surface area (Å²) in [5.74, 6) is 0.935. The van der Waals surface area contributed by atoms with E-state index >= 15 is 0 Å². The molecular weight excluding hydrogens is 529 g/mol. The van der Waals surface area contributed by atoms with Gasteiger partial charge in [-0.25, -0.2) is 4.39 Å². The van der Waals surface area contributed by atoms with Crippen molar-refractivity contribution in [3.05, 3.63) is 93.8 Å². The molecule has 40 heavy (non-hydrogen) atoms. The second-order valence-corrected chi connectivity index (χ2v) is 11.9. The van der Waals surface area contributed by atoms with Gasteiger partial charge in [-0.05, 0) is 111 Å². The lowest BCUT2D eigenvalue weighted by Gasteiger charge is -2.46. The van der Waals surface area contributed by atoms with Crippen molar-refractivity contribution in [3.63, 3.8) is 0 Å². The molecule has 2 unspecified atom stereocenters. The SMILES string of the molecule is COc1cc2c(cc1OC(C)C)C(c1ccc(Cl)cc1)N([C@H]1CC[C@H](C(C)(O)c3cccc(F)c3)CC1)C(=O)C2. The minimum absolute atomic E-state index is 0.00236. The van der Waals surface area contributed by atoms with Gasteiger partial charge in [0.2, 0.25) is 5.91 Å². The Morgan fingerprint density at radius 1 is 1.02 bits per heavy atom. The molecule has 212 valence electrons. The number of hydrogen-bond acceptors (Lipinski definition) is 4. The Kier molecular flexibility index (Phi) is 8.12. The van der Waals surface area contributed by atoms with Gasteiger partial charge in [-0.3, -0.25) is 4.79 Å². The van der Waals surface area contributed by atoms with Crippen molar-refractivity contribution in [2.24, 2.45) is 5.92 Å². The first-order valence-electron chi connectivity index (χ1n) is 14.0. The van der Waals surface area contributed by atoms with E-state index in [2.05, 4.69) is 0 Å². The van der Waals surface area contributed by atoms with Gasteiger partial charge < -0.3 is 19.5 Å². The summed E-state index contributed by atoms with van der Waals surface area (Å²) in [7, 11) is 1.61. The lowest BCUT2D eigenvalue weighted by molar-refractivity contribution is -0.137. The Balaban J connectivity index is 1.48. The Hall–Kier alpha value is -3.09. The van der Waals surface area contributed by atoms with Crippen LogP contribution in [0.3, 0.4) is 0 Å². The third kappa shape index (κ3) is 5.57. The number of ether oxygens (including phenoxy) is 2. The minimum atomic E-state index is -1.15. The van der Waals surface area contributed by atoms with Crippen LogP contribution in [0.2, 0.25) is 5.02 Å². The smallest absolute Gasteiger partial charge is 0.228 e. The third-order valence-electron chi connectivity index (χ3n) is 8.47. The van der Waals surface area contributed by atoms with Crippen LogP contribution in [0.1, 0.15) is 74.8 Å². The van der Waals surface area contributed by atoms with E-state index in [9.17, 15) is 14.3 Å². The molecule has 2 atom stereocenters. The summed E-state index contributed by atoms with van der Waals surface area (Å²) in [4.78, 5) is 15.9. The van der Waals surface area contributed by atoms with Crippen LogP contribution in [-0.4, -0.2) is 35.2 Å². The number of carbonyl (C=O) groups is 1. The van der Waals surface area contributed by atoms with Crippen LogP contribution < -0.4 is 9.47 Å². The Labute approximate surface area is 240 Å². The predicted molar refractivity (Wildman–Crippen MR) is 154 cm³/mol. The summed E-state index contributed by atoms with van der Waals surface area (Å²) in [6.07, 6.45) is 3.17. The van der Waals surface area contributed by atoms with Crippen molar-refractivity contribution in [2.75, 3.05) is 7.11 Å².